The minimum atomic E-state index is -1.08. The lowest BCUT2D eigenvalue weighted by atomic mass is 9.85. The van der Waals surface area contributed by atoms with Crippen molar-refractivity contribution >= 4 is 34.7 Å². The lowest BCUT2D eigenvalue weighted by molar-refractivity contribution is -0.122. The number of imidazole rings is 1. The van der Waals surface area contributed by atoms with Crippen LogP contribution in [0, 0.1) is 29.3 Å². The number of nitrogens with zero attached hydrogens (tertiary/aromatic N) is 4. The van der Waals surface area contributed by atoms with Gasteiger partial charge in [0.1, 0.15) is 17.0 Å². The Morgan fingerprint density at radius 3 is 2.50 bits per heavy atom. The standard InChI is InChI=1S/C24H28F3N7O2/c1-12-11-36-7-6-18(12)30-23-29-10-19-22(33-23)34(15-4-2-13(3-5-15)21(28)35)24(31-19)32-20-16(26)8-14(25)9-17(20)27/h8-10,12-13,15,18H,2-7,11H2,1H3,(H2,28,35)(H,31,32)(H,29,30,33)/t12-,13-,15+,18+/m1/s1. The second-order valence-corrected chi connectivity index (χ2v) is 9.58. The molecule has 1 aliphatic carbocycles. The Kier molecular flexibility index (Phi) is 6.69. The minimum absolute atomic E-state index is 0.138. The molecule has 0 spiro atoms. The van der Waals surface area contributed by atoms with Gasteiger partial charge in [-0.15, -0.1) is 0 Å². The highest BCUT2D eigenvalue weighted by atomic mass is 19.1. The maximum Gasteiger partial charge on any atom is 0.224 e. The van der Waals surface area contributed by atoms with E-state index in [2.05, 4.69) is 27.5 Å². The van der Waals surface area contributed by atoms with Gasteiger partial charge in [-0.25, -0.2) is 23.1 Å². The van der Waals surface area contributed by atoms with Gasteiger partial charge in [0, 0.05) is 36.7 Å². The third-order valence-corrected chi connectivity index (χ3v) is 7.10. The predicted molar refractivity (Wildman–Crippen MR) is 127 cm³/mol. The number of amides is 1. The van der Waals surface area contributed by atoms with Crippen LogP contribution in [0.2, 0.25) is 0 Å². The summed E-state index contributed by atoms with van der Waals surface area (Å²) in [5.41, 5.74) is 5.90. The Morgan fingerprint density at radius 1 is 1.11 bits per heavy atom. The molecule has 36 heavy (non-hydrogen) atoms. The molecule has 0 unspecified atom stereocenters. The number of halogens is 3. The van der Waals surface area contributed by atoms with Gasteiger partial charge in [0.25, 0.3) is 0 Å². The van der Waals surface area contributed by atoms with Gasteiger partial charge in [-0.3, -0.25) is 9.36 Å². The zero-order valence-corrected chi connectivity index (χ0v) is 19.8. The Balaban J connectivity index is 1.53. The van der Waals surface area contributed by atoms with E-state index in [1.165, 1.54) is 0 Å². The van der Waals surface area contributed by atoms with Crippen LogP contribution in [-0.2, 0) is 9.53 Å². The van der Waals surface area contributed by atoms with E-state index in [1.54, 1.807) is 10.8 Å². The fourth-order valence-corrected chi connectivity index (χ4v) is 5.05. The van der Waals surface area contributed by atoms with Crippen molar-refractivity contribution in [2.24, 2.45) is 17.6 Å². The van der Waals surface area contributed by atoms with Crippen molar-refractivity contribution in [2.45, 2.75) is 51.1 Å². The zero-order chi connectivity index (χ0) is 25.4. The maximum atomic E-state index is 14.4. The van der Waals surface area contributed by atoms with Gasteiger partial charge in [0.05, 0.1) is 12.8 Å². The SMILES string of the molecule is C[C@@H]1COCC[C@@H]1Nc1ncc2nc(Nc3c(F)cc(F)cc3F)n([C@H]3CC[C@@H](C(N)=O)CC3)c2n1. The number of rotatable bonds is 6. The average molecular weight is 504 g/mol. The highest BCUT2D eigenvalue weighted by Gasteiger charge is 2.30. The largest absolute Gasteiger partial charge is 0.381 e. The first kappa shape index (κ1) is 24.3. The quantitative estimate of drug-likeness (QED) is 0.464. The highest BCUT2D eigenvalue weighted by molar-refractivity contribution is 5.78. The van der Waals surface area contributed by atoms with Gasteiger partial charge in [-0.05, 0) is 38.0 Å². The van der Waals surface area contributed by atoms with E-state index in [-0.39, 0.29) is 35.8 Å². The molecule has 0 radical (unpaired) electrons. The van der Waals surface area contributed by atoms with E-state index in [1.807, 2.05) is 0 Å². The number of fused-ring (bicyclic) bond motifs is 1. The van der Waals surface area contributed by atoms with Crippen LogP contribution in [0.5, 0.6) is 0 Å². The normalized spacial score (nSPS) is 24.6. The molecular formula is C24H28F3N7O2. The Labute approximate surface area is 205 Å². The number of aromatic nitrogens is 4. The summed E-state index contributed by atoms with van der Waals surface area (Å²) in [6, 6.07) is 1.20. The number of carbonyl (C=O) groups is 1. The Hall–Kier alpha value is -3.41. The number of primary amides is 1. The van der Waals surface area contributed by atoms with Crippen LogP contribution >= 0.6 is 0 Å². The van der Waals surface area contributed by atoms with Crippen molar-refractivity contribution in [1.29, 1.82) is 0 Å². The van der Waals surface area contributed by atoms with E-state index in [9.17, 15) is 18.0 Å². The molecule has 1 aromatic carbocycles. The van der Waals surface area contributed by atoms with Gasteiger partial charge >= 0.3 is 0 Å². The summed E-state index contributed by atoms with van der Waals surface area (Å²) in [5.74, 6) is -2.89. The van der Waals surface area contributed by atoms with Crippen LogP contribution < -0.4 is 16.4 Å². The molecule has 5 rings (SSSR count). The van der Waals surface area contributed by atoms with Crippen molar-refractivity contribution in [3.8, 4) is 0 Å². The molecular weight excluding hydrogens is 475 g/mol. The Bertz CT molecular complexity index is 1250. The number of nitrogens with two attached hydrogens (primary N) is 1. The number of hydrogen-bond donors (Lipinski definition) is 3. The second kappa shape index (κ2) is 9.92. The molecule has 1 saturated carbocycles. The Morgan fingerprint density at radius 2 is 1.83 bits per heavy atom. The third-order valence-electron chi connectivity index (χ3n) is 7.10. The van der Waals surface area contributed by atoms with Crippen LogP contribution in [-0.4, -0.2) is 44.7 Å². The summed E-state index contributed by atoms with van der Waals surface area (Å²) in [6.45, 7) is 3.38. The fourth-order valence-electron chi connectivity index (χ4n) is 5.05. The van der Waals surface area contributed by atoms with E-state index < -0.39 is 23.1 Å². The van der Waals surface area contributed by atoms with Crippen LogP contribution in [0.3, 0.4) is 0 Å². The van der Waals surface area contributed by atoms with Gasteiger partial charge in [-0.2, -0.15) is 4.98 Å². The number of ether oxygens (including phenoxy) is 1. The number of benzene rings is 1. The van der Waals surface area contributed by atoms with E-state index >= 15 is 0 Å². The number of hydrogen-bond acceptors (Lipinski definition) is 7. The van der Waals surface area contributed by atoms with Gasteiger partial charge in [-0.1, -0.05) is 6.92 Å². The first-order valence-corrected chi connectivity index (χ1v) is 12.1. The topological polar surface area (TPSA) is 120 Å². The molecule has 1 saturated heterocycles. The number of carbonyl (C=O) groups excluding carboxylic acids is 1. The van der Waals surface area contributed by atoms with Crippen molar-refractivity contribution in [3.63, 3.8) is 0 Å². The monoisotopic (exact) mass is 503 g/mol. The van der Waals surface area contributed by atoms with Crippen molar-refractivity contribution in [1.82, 2.24) is 19.5 Å². The summed E-state index contributed by atoms with van der Waals surface area (Å²) < 4.78 is 49.6. The molecule has 2 aliphatic rings. The molecule has 3 heterocycles. The van der Waals surface area contributed by atoms with Crippen LogP contribution in [0.25, 0.3) is 11.2 Å². The summed E-state index contributed by atoms with van der Waals surface area (Å²) in [4.78, 5) is 25.3. The molecule has 12 heteroatoms. The summed E-state index contributed by atoms with van der Waals surface area (Å²) in [7, 11) is 0. The third kappa shape index (κ3) is 4.81. The lowest BCUT2D eigenvalue weighted by Gasteiger charge is -2.30. The van der Waals surface area contributed by atoms with Gasteiger partial charge < -0.3 is 21.1 Å². The molecule has 2 atom stereocenters. The molecule has 0 bridgehead atoms. The summed E-state index contributed by atoms with van der Waals surface area (Å²) >= 11 is 0. The van der Waals surface area contributed by atoms with Crippen molar-refractivity contribution in [3.05, 3.63) is 35.8 Å². The van der Waals surface area contributed by atoms with Crippen LogP contribution in [0.1, 0.15) is 45.1 Å². The van der Waals surface area contributed by atoms with Crippen molar-refractivity contribution in [2.75, 3.05) is 23.8 Å². The second-order valence-electron chi connectivity index (χ2n) is 9.58. The van der Waals surface area contributed by atoms with Crippen LogP contribution in [0.15, 0.2) is 18.3 Å². The molecule has 9 nitrogen and oxygen atoms in total. The van der Waals surface area contributed by atoms with E-state index in [0.29, 0.717) is 68.1 Å². The summed E-state index contributed by atoms with van der Waals surface area (Å²) in [5, 5.41) is 6.08. The molecule has 192 valence electrons. The molecule has 1 aliphatic heterocycles. The number of nitrogens with one attached hydrogen (secondary N) is 2. The molecule has 1 amide bonds. The zero-order valence-electron chi connectivity index (χ0n) is 19.8. The van der Waals surface area contributed by atoms with Gasteiger partial charge in [0.2, 0.25) is 17.8 Å². The van der Waals surface area contributed by atoms with Gasteiger partial charge in [0.15, 0.2) is 17.3 Å². The molecule has 3 aromatic rings. The highest BCUT2D eigenvalue weighted by Crippen LogP contribution is 2.37. The minimum Gasteiger partial charge on any atom is -0.381 e. The maximum absolute atomic E-state index is 14.4. The number of anilines is 3. The smallest absolute Gasteiger partial charge is 0.224 e. The lowest BCUT2D eigenvalue weighted by Crippen LogP contribution is -2.36. The van der Waals surface area contributed by atoms with E-state index in [4.69, 9.17) is 15.5 Å². The fraction of sp³-hybridized carbons (Fsp3) is 0.500. The molecule has 2 aromatic heterocycles. The molecule has 2 fully saturated rings. The first-order valence-electron chi connectivity index (χ1n) is 12.1. The summed E-state index contributed by atoms with van der Waals surface area (Å²) in [6.07, 6.45) is 4.73. The van der Waals surface area contributed by atoms with Crippen LogP contribution in [0.4, 0.5) is 30.8 Å². The molecule has 4 N–H and O–H groups in total. The predicted octanol–water partition coefficient (Wildman–Crippen LogP) is 4.04. The first-order chi connectivity index (χ1) is 17.3. The van der Waals surface area contributed by atoms with E-state index in [0.717, 1.165) is 6.42 Å². The average Bonchev–Trinajstić information content (AvgIpc) is 3.20. The van der Waals surface area contributed by atoms with Crippen molar-refractivity contribution < 1.29 is 22.7 Å².